The number of hydrogen-bond acceptors (Lipinski definition) is 4. The zero-order valence-electron chi connectivity index (χ0n) is 13.1. The lowest BCUT2D eigenvalue weighted by molar-refractivity contribution is -0.131. The number of aliphatic carboxylic acids is 1. The second-order valence-corrected chi connectivity index (χ2v) is 7.08. The quantitative estimate of drug-likeness (QED) is 0.742. The summed E-state index contributed by atoms with van der Waals surface area (Å²) in [5.74, 6) is -0.972. The van der Waals surface area contributed by atoms with Crippen molar-refractivity contribution >= 4 is 28.3 Å². The van der Waals surface area contributed by atoms with Crippen LogP contribution in [0.1, 0.15) is 32.2 Å². The molecule has 0 radical (unpaired) electrons. The van der Waals surface area contributed by atoms with Gasteiger partial charge in [-0.25, -0.2) is 9.78 Å². The average Bonchev–Trinajstić information content (AvgIpc) is 3.04. The molecule has 6 heteroatoms. The van der Waals surface area contributed by atoms with Crippen molar-refractivity contribution in [1.82, 2.24) is 14.4 Å². The van der Waals surface area contributed by atoms with Crippen LogP contribution >= 0.6 is 11.3 Å². The van der Waals surface area contributed by atoms with Crippen molar-refractivity contribution in [2.75, 3.05) is 0 Å². The maximum Gasteiger partial charge on any atom is 0.328 e. The molecule has 0 aromatic carbocycles. The van der Waals surface area contributed by atoms with Crippen molar-refractivity contribution < 1.29 is 9.90 Å². The molecule has 3 aromatic heterocycles. The van der Waals surface area contributed by atoms with E-state index < -0.39 is 5.97 Å². The van der Waals surface area contributed by atoms with Gasteiger partial charge in [0, 0.05) is 34.8 Å². The van der Waals surface area contributed by atoms with Crippen LogP contribution < -0.4 is 0 Å². The molecular weight excluding hydrogens is 310 g/mol. The van der Waals surface area contributed by atoms with Crippen LogP contribution in [0.3, 0.4) is 0 Å². The van der Waals surface area contributed by atoms with Crippen molar-refractivity contribution in [3.63, 3.8) is 0 Å². The molecule has 3 rings (SSSR count). The first-order valence-electron chi connectivity index (χ1n) is 7.20. The number of thiazole rings is 1. The van der Waals surface area contributed by atoms with Crippen LogP contribution in [-0.4, -0.2) is 25.4 Å². The molecule has 1 N–H and O–H groups in total. The summed E-state index contributed by atoms with van der Waals surface area (Å²) >= 11 is 1.54. The maximum absolute atomic E-state index is 11.0. The number of carboxylic acids is 1. The van der Waals surface area contributed by atoms with Crippen molar-refractivity contribution in [2.24, 2.45) is 0 Å². The van der Waals surface area contributed by atoms with Gasteiger partial charge in [0.1, 0.15) is 0 Å². The fourth-order valence-electron chi connectivity index (χ4n) is 2.46. The number of aromatic nitrogens is 3. The van der Waals surface area contributed by atoms with E-state index in [1.165, 1.54) is 0 Å². The van der Waals surface area contributed by atoms with Gasteiger partial charge in [0.05, 0.1) is 17.1 Å². The molecule has 0 unspecified atom stereocenters. The highest BCUT2D eigenvalue weighted by atomic mass is 32.1. The molecule has 5 nitrogen and oxygen atoms in total. The summed E-state index contributed by atoms with van der Waals surface area (Å²) in [5, 5.41) is 11.0. The largest absolute Gasteiger partial charge is 0.478 e. The lowest BCUT2D eigenvalue weighted by atomic mass is 9.90. The lowest BCUT2D eigenvalue weighted by Gasteiger charge is -2.17. The number of imidazole rings is 1. The predicted molar refractivity (Wildman–Crippen MR) is 91.7 cm³/mol. The van der Waals surface area contributed by atoms with E-state index in [2.05, 4.69) is 25.8 Å². The lowest BCUT2D eigenvalue weighted by Crippen LogP contribution is -2.13. The van der Waals surface area contributed by atoms with E-state index in [1.807, 2.05) is 21.9 Å². The highest BCUT2D eigenvalue weighted by molar-refractivity contribution is 7.15. The number of carbonyl (C=O) groups is 1. The summed E-state index contributed by atoms with van der Waals surface area (Å²) in [6, 6.07) is 3.87. The first-order chi connectivity index (χ1) is 10.9. The Kier molecular flexibility index (Phi) is 3.77. The van der Waals surface area contributed by atoms with Crippen LogP contribution in [0.15, 0.2) is 36.0 Å². The Morgan fingerprint density at radius 2 is 2.00 bits per heavy atom. The number of rotatable bonds is 3. The third-order valence-corrected chi connectivity index (χ3v) is 4.30. The van der Waals surface area contributed by atoms with Gasteiger partial charge in [0.2, 0.25) is 0 Å². The molecule has 0 aliphatic rings. The van der Waals surface area contributed by atoms with Gasteiger partial charge in [-0.05, 0) is 18.2 Å². The van der Waals surface area contributed by atoms with E-state index in [0.717, 1.165) is 33.7 Å². The summed E-state index contributed by atoms with van der Waals surface area (Å²) in [6.45, 7) is 6.22. The maximum atomic E-state index is 11.0. The van der Waals surface area contributed by atoms with Gasteiger partial charge in [-0.3, -0.25) is 9.38 Å². The van der Waals surface area contributed by atoms with Gasteiger partial charge in [-0.1, -0.05) is 20.8 Å². The van der Waals surface area contributed by atoms with E-state index >= 15 is 0 Å². The molecule has 0 saturated heterocycles. The van der Waals surface area contributed by atoms with Crippen molar-refractivity contribution in [1.29, 1.82) is 0 Å². The van der Waals surface area contributed by atoms with Crippen molar-refractivity contribution in [3.8, 4) is 11.3 Å². The minimum Gasteiger partial charge on any atom is -0.478 e. The molecule has 23 heavy (non-hydrogen) atoms. The Balaban J connectivity index is 2.30. The summed E-state index contributed by atoms with van der Waals surface area (Å²) < 4.78 is 2.01. The van der Waals surface area contributed by atoms with Crippen LogP contribution in [0.2, 0.25) is 0 Å². The highest BCUT2D eigenvalue weighted by Crippen LogP contribution is 2.33. The minimum atomic E-state index is -0.972. The van der Waals surface area contributed by atoms with Gasteiger partial charge < -0.3 is 5.11 Å². The average molecular weight is 327 g/mol. The number of pyridine rings is 1. The highest BCUT2D eigenvalue weighted by Gasteiger charge is 2.25. The molecule has 0 atom stereocenters. The standard InChI is InChI=1S/C17H17N3O2S/c1-17(2,3)15-12(4-5-14(21)22)20-13(10-23-16(20)19-15)11-6-8-18-9-7-11/h4-10H,1-3H3,(H,21,22)/b5-4+. The molecule has 0 amide bonds. The summed E-state index contributed by atoms with van der Waals surface area (Å²) in [4.78, 5) is 20.6. The second kappa shape index (κ2) is 5.62. The van der Waals surface area contributed by atoms with Crippen LogP contribution in [0.5, 0.6) is 0 Å². The minimum absolute atomic E-state index is 0.181. The van der Waals surface area contributed by atoms with Gasteiger partial charge >= 0.3 is 5.97 Å². The van der Waals surface area contributed by atoms with E-state index in [9.17, 15) is 4.79 Å². The molecule has 0 bridgehead atoms. The zero-order valence-corrected chi connectivity index (χ0v) is 14.0. The molecule has 118 valence electrons. The smallest absolute Gasteiger partial charge is 0.328 e. The Labute approximate surface area is 138 Å². The second-order valence-electron chi connectivity index (χ2n) is 6.24. The van der Waals surface area contributed by atoms with E-state index in [-0.39, 0.29) is 5.41 Å². The third kappa shape index (κ3) is 2.90. The Morgan fingerprint density at radius 3 is 2.61 bits per heavy atom. The Hall–Kier alpha value is -2.47. The van der Waals surface area contributed by atoms with Gasteiger partial charge in [0.15, 0.2) is 4.96 Å². The fourth-order valence-corrected chi connectivity index (χ4v) is 3.37. The molecule has 0 aliphatic carbocycles. The van der Waals surface area contributed by atoms with E-state index in [0.29, 0.717) is 0 Å². The van der Waals surface area contributed by atoms with Crippen LogP contribution in [0, 0.1) is 0 Å². The summed E-state index contributed by atoms with van der Waals surface area (Å²) in [5.41, 5.74) is 3.52. The first kappa shape index (κ1) is 15.4. The zero-order chi connectivity index (χ0) is 16.6. The van der Waals surface area contributed by atoms with Crippen LogP contribution in [-0.2, 0) is 10.2 Å². The number of fused-ring (bicyclic) bond motifs is 1. The SMILES string of the molecule is CC(C)(C)c1nc2scc(-c3ccncc3)n2c1/C=C/C(=O)O. The van der Waals surface area contributed by atoms with E-state index in [4.69, 9.17) is 10.1 Å². The first-order valence-corrected chi connectivity index (χ1v) is 8.08. The van der Waals surface area contributed by atoms with Crippen LogP contribution in [0.4, 0.5) is 0 Å². The van der Waals surface area contributed by atoms with Gasteiger partial charge in [-0.2, -0.15) is 0 Å². The van der Waals surface area contributed by atoms with Crippen molar-refractivity contribution in [3.05, 3.63) is 47.4 Å². The van der Waals surface area contributed by atoms with Gasteiger partial charge in [0.25, 0.3) is 0 Å². The molecule has 3 heterocycles. The van der Waals surface area contributed by atoms with Gasteiger partial charge in [-0.15, -0.1) is 11.3 Å². The van der Waals surface area contributed by atoms with E-state index in [1.54, 1.807) is 29.8 Å². The molecule has 0 saturated carbocycles. The summed E-state index contributed by atoms with van der Waals surface area (Å²) in [7, 11) is 0. The monoisotopic (exact) mass is 327 g/mol. The molecule has 3 aromatic rings. The van der Waals surface area contributed by atoms with Crippen molar-refractivity contribution in [2.45, 2.75) is 26.2 Å². The molecule has 0 fully saturated rings. The fraction of sp³-hybridized carbons (Fsp3) is 0.235. The molecule has 0 aliphatic heterocycles. The Bertz CT molecular complexity index is 886. The number of nitrogens with zero attached hydrogens (tertiary/aromatic N) is 3. The number of carboxylic acid groups (broad SMARTS) is 1. The van der Waals surface area contributed by atoms with Crippen LogP contribution in [0.25, 0.3) is 22.3 Å². The molecular formula is C17H17N3O2S. The Morgan fingerprint density at radius 1 is 1.30 bits per heavy atom. The third-order valence-electron chi connectivity index (χ3n) is 3.47. The summed E-state index contributed by atoms with van der Waals surface area (Å²) in [6.07, 6.45) is 6.27. The number of hydrogen-bond donors (Lipinski definition) is 1. The predicted octanol–water partition coefficient (Wildman–Crippen LogP) is 3.85. The molecule has 0 spiro atoms. The topological polar surface area (TPSA) is 67.5 Å². The normalized spacial score (nSPS) is 12.3.